The Balaban J connectivity index is 2.24. The third-order valence-corrected chi connectivity index (χ3v) is 3.35. The fourth-order valence-corrected chi connectivity index (χ4v) is 2.43. The molecular formula is C15H23N3O2. The predicted octanol–water partition coefficient (Wildman–Crippen LogP) is 1.31. The molecule has 1 fully saturated rings. The highest BCUT2D eigenvalue weighted by Gasteiger charge is 2.30. The zero-order valence-electron chi connectivity index (χ0n) is 12.3. The number of ether oxygens (including phenoxy) is 1. The third kappa shape index (κ3) is 3.22. The van der Waals surface area contributed by atoms with E-state index in [1.165, 1.54) is 0 Å². The fraction of sp³-hybridized carbons (Fsp3) is 0.533. The first kappa shape index (κ1) is 14.7. The van der Waals surface area contributed by atoms with Gasteiger partial charge in [-0.05, 0) is 38.5 Å². The van der Waals surface area contributed by atoms with Crippen molar-refractivity contribution in [1.82, 2.24) is 5.32 Å². The van der Waals surface area contributed by atoms with Crippen molar-refractivity contribution < 1.29 is 9.53 Å². The Morgan fingerprint density at radius 1 is 1.50 bits per heavy atom. The molecule has 1 aromatic rings. The monoisotopic (exact) mass is 277 g/mol. The summed E-state index contributed by atoms with van der Waals surface area (Å²) in [7, 11) is 0. The van der Waals surface area contributed by atoms with Crippen LogP contribution in [-0.2, 0) is 9.53 Å². The minimum atomic E-state index is -0.323. The topological polar surface area (TPSA) is 67.6 Å². The van der Waals surface area contributed by atoms with Gasteiger partial charge in [-0.1, -0.05) is 6.07 Å². The van der Waals surface area contributed by atoms with Gasteiger partial charge in [-0.15, -0.1) is 0 Å². The molecule has 0 aliphatic carbocycles. The molecule has 0 spiro atoms. The molecule has 0 radical (unpaired) electrons. The maximum absolute atomic E-state index is 12.3. The molecule has 3 N–H and O–H groups in total. The van der Waals surface area contributed by atoms with Crippen molar-refractivity contribution in [2.75, 3.05) is 30.4 Å². The molecular weight excluding hydrogens is 254 g/mol. The van der Waals surface area contributed by atoms with Gasteiger partial charge in [0.15, 0.2) is 0 Å². The van der Waals surface area contributed by atoms with E-state index in [9.17, 15) is 4.79 Å². The molecule has 0 bridgehead atoms. The van der Waals surface area contributed by atoms with Crippen LogP contribution in [0.5, 0.6) is 0 Å². The number of aryl methyl sites for hydroxylation is 1. The molecule has 0 aromatic heterocycles. The van der Waals surface area contributed by atoms with Crippen molar-refractivity contribution in [3.8, 4) is 0 Å². The van der Waals surface area contributed by atoms with Crippen molar-refractivity contribution in [1.29, 1.82) is 0 Å². The van der Waals surface area contributed by atoms with E-state index < -0.39 is 0 Å². The van der Waals surface area contributed by atoms with Crippen molar-refractivity contribution in [2.24, 2.45) is 0 Å². The molecule has 1 aliphatic heterocycles. The second-order valence-electron chi connectivity index (χ2n) is 5.51. The van der Waals surface area contributed by atoms with Gasteiger partial charge in [0, 0.05) is 12.6 Å². The number of nitrogens with one attached hydrogen (secondary N) is 1. The highest BCUT2D eigenvalue weighted by Crippen LogP contribution is 2.27. The number of carbonyl (C=O) groups excluding carboxylic acids is 1. The summed E-state index contributed by atoms with van der Waals surface area (Å²) in [6.07, 6.45) is 0. The van der Waals surface area contributed by atoms with E-state index >= 15 is 0 Å². The van der Waals surface area contributed by atoms with Gasteiger partial charge in [-0.3, -0.25) is 4.79 Å². The van der Waals surface area contributed by atoms with E-state index in [-0.39, 0.29) is 18.0 Å². The Kier molecular flexibility index (Phi) is 4.49. The summed E-state index contributed by atoms with van der Waals surface area (Å²) in [6.45, 7) is 7.58. The maximum atomic E-state index is 12.3. The van der Waals surface area contributed by atoms with Gasteiger partial charge in [-0.2, -0.15) is 0 Å². The lowest BCUT2D eigenvalue weighted by atomic mass is 10.1. The molecule has 1 heterocycles. The van der Waals surface area contributed by atoms with Crippen LogP contribution in [0.1, 0.15) is 19.4 Å². The Hall–Kier alpha value is -1.75. The molecule has 0 saturated carbocycles. The van der Waals surface area contributed by atoms with Crippen LogP contribution >= 0.6 is 0 Å². The van der Waals surface area contributed by atoms with Crippen molar-refractivity contribution in [2.45, 2.75) is 32.9 Å². The number of carbonyl (C=O) groups is 1. The number of amides is 1. The lowest BCUT2D eigenvalue weighted by Gasteiger charge is -2.37. The average molecular weight is 277 g/mol. The third-order valence-electron chi connectivity index (χ3n) is 3.35. The van der Waals surface area contributed by atoms with E-state index in [2.05, 4.69) is 5.32 Å². The highest BCUT2D eigenvalue weighted by molar-refractivity contribution is 5.87. The van der Waals surface area contributed by atoms with Gasteiger partial charge in [0.2, 0.25) is 5.91 Å². The summed E-state index contributed by atoms with van der Waals surface area (Å²) < 4.78 is 5.46. The lowest BCUT2D eigenvalue weighted by Crippen LogP contribution is -2.55. The zero-order chi connectivity index (χ0) is 14.7. The highest BCUT2D eigenvalue weighted by atomic mass is 16.5. The van der Waals surface area contributed by atoms with Crippen LogP contribution in [0, 0.1) is 6.92 Å². The van der Waals surface area contributed by atoms with E-state index in [0.29, 0.717) is 25.4 Å². The molecule has 1 amide bonds. The van der Waals surface area contributed by atoms with E-state index in [1.807, 2.05) is 43.9 Å². The van der Waals surface area contributed by atoms with E-state index in [1.54, 1.807) is 0 Å². The number of nitrogen functional groups attached to an aromatic ring is 1. The number of hydrogen-bond acceptors (Lipinski definition) is 4. The molecule has 1 unspecified atom stereocenters. The molecule has 1 atom stereocenters. The summed E-state index contributed by atoms with van der Waals surface area (Å²) in [4.78, 5) is 14.3. The summed E-state index contributed by atoms with van der Waals surface area (Å²) in [5, 5.41) is 2.94. The number of anilines is 2. The van der Waals surface area contributed by atoms with Gasteiger partial charge in [-0.25, -0.2) is 0 Å². The summed E-state index contributed by atoms with van der Waals surface area (Å²) in [5.74, 6) is -0.0142. The molecule has 5 heteroatoms. The van der Waals surface area contributed by atoms with Gasteiger partial charge >= 0.3 is 0 Å². The van der Waals surface area contributed by atoms with E-state index in [4.69, 9.17) is 10.5 Å². The van der Waals surface area contributed by atoms with Crippen LogP contribution in [0.15, 0.2) is 18.2 Å². The molecule has 1 aliphatic rings. The minimum absolute atomic E-state index is 0.0142. The largest absolute Gasteiger partial charge is 0.397 e. The van der Waals surface area contributed by atoms with Gasteiger partial charge in [0.05, 0.1) is 24.6 Å². The number of nitrogens with two attached hydrogens (primary N) is 1. The van der Waals surface area contributed by atoms with Gasteiger partial charge in [0.1, 0.15) is 6.04 Å². The van der Waals surface area contributed by atoms with Crippen molar-refractivity contribution in [3.63, 3.8) is 0 Å². The predicted molar refractivity (Wildman–Crippen MR) is 80.8 cm³/mol. The van der Waals surface area contributed by atoms with Crippen molar-refractivity contribution >= 4 is 17.3 Å². The number of morpholine rings is 1. The Labute approximate surface area is 120 Å². The standard InChI is InChI=1S/C15H23N3O2/c1-10(2)17-15(19)14-9-20-7-6-18(14)13-5-4-11(3)8-12(13)16/h4-5,8,10,14H,6-7,9,16H2,1-3H3,(H,17,19). The summed E-state index contributed by atoms with van der Waals surface area (Å²) in [5.41, 5.74) is 8.82. The summed E-state index contributed by atoms with van der Waals surface area (Å²) >= 11 is 0. The fourth-order valence-electron chi connectivity index (χ4n) is 2.43. The van der Waals surface area contributed by atoms with Crippen LogP contribution in [0.4, 0.5) is 11.4 Å². The summed E-state index contributed by atoms with van der Waals surface area (Å²) in [6, 6.07) is 5.71. The van der Waals surface area contributed by atoms with Gasteiger partial charge in [0.25, 0.3) is 0 Å². The smallest absolute Gasteiger partial charge is 0.245 e. The van der Waals surface area contributed by atoms with Crippen LogP contribution < -0.4 is 16.0 Å². The Morgan fingerprint density at radius 3 is 2.90 bits per heavy atom. The van der Waals surface area contributed by atoms with Crippen LogP contribution in [-0.4, -0.2) is 37.7 Å². The second-order valence-corrected chi connectivity index (χ2v) is 5.51. The van der Waals surface area contributed by atoms with Gasteiger partial charge < -0.3 is 20.7 Å². The zero-order valence-corrected chi connectivity index (χ0v) is 12.3. The molecule has 20 heavy (non-hydrogen) atoms. The number of nitrogens with zero attached hydrogens (tertiary/aromatic N) is 1. The maximum Gasteiger partial charge on any atom is 0.245 e. The number of benzene rings is 1. The van der Waals surface area contributed by atoms with Crippen LogP contribution in [0.3, 0.4) is 0 Å². The van der Waals surface area contributed by atoms with Crippen molar-refractivity contribution in [3.05, 3.63) is 23.8 Å². The Bertz CT molecular complexity index is 488. The molecule has 1 saturated heterocycles. The first-order valence-corrected chi connectivity index (χ1v) is 7.00. The quantitative estimate of drug-likeness (QED) is 0.817. The number of hydrogen-bond donors (Lipinski definition) is 2. The van der Waals surface area contributed by atoms with Crippen LogP contribution in [0.2, 0.25) is 0 Å². The lowest BCUT2D eigenvalue weighted by molar-refractivity contribution is -0.125. The molecule has 2 rings (SSSR count). The first-order chi connectivity index (χ1) is 9.49. The minimum Gasteiger partial charge on any atom is -0.397 e. The molecule has 110 valence electrons. The van der Waals surface area contributed by atoms with E-state index in [0.717, 1.165) is 11.3 Å². The average Bonchev–Trinajstić information content (AvgIpc) is 2.38. The number of rotatable bonds is 3. The second kappa shape index (κ2) is 6.13. The molecule has 1 aromatic carbocycles. The molecule has 5 nitrogen and oxygen atoms in total. The van der Waals surface area contributed by atoms with Crippen LogP contribution in [0.25, 0.3) is 0 Å². The Morgan fingerprint density at radius 2 is 2.25 bits per heavy atom. The first-order valence-electron chi connectivity index (χ1n) is 7.00. The normalized spacial score (nSPS) is 19.2. The SMILES string of the molecule is Cc1ccc(N2CCOCC2C(=O)NC(C)C)c(N)c1.